The van der Waals surface area contributed by atoms with Crippen LogP contribution in [0, 0.1) is 6.92 Å². The molecule has 1 aromatic heterocycles. The minimum Gasteiger partial charge on any atom is -0.249 e. The highest BCUT2D eigenvalue weighted by molar-refractivity contribution is 7.93. The zero-order valence-corrected chi connectivity index (χ0v) is 9.80. The molecule has 4 heteroatoms. The summed E-state index contributed by atoms with van der Waals surface area (Å²) >= 11 is 0. The standard InChI is InChI=1S/C11H16N2OS/c1-10-6-5-7-11(12-10)13-15(14)8-3-2-4-9-15/h5-7H,2-4,8-9H2,1H3. The van der Waals surface area contributed by atoms with Gasteiger partial charge in [0.1, 0.15) is 0 Å². The van der Waals surface area contributed by atoms with Crippen molar-refractivity contribution in [2.45, 2.75) is 26.2 Å². The Balaban J connectivity index is 2.32. The third-order valence-corrected chi connectivity index (χ3v) is 4.93. The van der Waals surface area contributed by atoms with Gasteiger partial charge in [-0.15, -0.1) is 0 Å². The molecule has 0 amide bonds. The minimum absolute atomic E-state index is 0.627. The molecule has 0 aromatic carbocycles. The lowest BCUT2D eigenvalue weighted by Gasteiger charge is -2.14. The second-order valence-corrected chi connectivity index (χ2v) is 6.51. The van der Waals surface area contributed by atoms with E-state index < -0.39 is 9.73 Å². The van der Waals surface area contributed by atoms with Crippen LogP contribution >= 0.6 is 0 Å². The Morgan fingerprint density at radius 3 is 2.67 bits per heavy atom. The fourth-order valence-corrected chi connectivity index (χ4v) is 3.91. The van der Waals surface area contributed by atoms with Crippen LogP contribution in [0.5, 0.6) is 0 Å². The molecule has 1 saturated heterocycles. The van der Waals surface area contributed by atoms with Gasteiger partial charge < -0.3 is 0 Å². The number of pyridine rings is 1. The summed E-state index contributed by atoms with van der Waals surface area (Å²) in [6.07, 6.45) is 3.26. The van der Waals surface area contributed by atoms with Crippen LogP contribution in [0.3, 0.4) is 0 Å². The average molecular weight is 224 g/mol. The molecule has 0 unspecified atom stereocenters. The number of rotatable bonds is 1. The van der Waals surface area contributed by atoms with Crippen LogP contribution in [-0.4, -0.2) is 20.7 Å². The molecule has 1 aliphatic heterocycles. The van der Waals surface area contributed by atoms with Crippen molar-refractivity contribution in [3.63, 3.8) is 0 Å². The first-order valence-corrected chi connectivity index (χ1v) is 7.19. The number of aryl methyl sites for hydroxylation is 1. The summed E-state index contributed by atoms with van der Waals surface area (Å²) in [7, 11) is -2.00. The van der Waals surface area contributed by atoms with E-state index in [4.69, 9.17) is 0 Å². The lowest BCUT2D eigenvalue weighted by Crippen LogP contribution is -2.15. The molecule has 2 rings (SSSR count). The molecule has 1 fully saturated rings. The van der Waals surface area contributed by atoms with Crippen molar-refractivity contribution in [1.82, 2.24) is 4.98 Å². The summed E-state index contributed by atoms with van der Waals surface area (Å²) in [6.45, 7) is 1.92. The molecule has 0 atom stereocenters. The molecule has 0 aliphatic carbocycles. The summed E-state index contributed by atoms with van der Waals surface area (Å²) in [6, 6.07) is 5.66. The Morgan fingerprint density at radius 1 is 1.27 bits per heavy atom. The molecule has 0 saturated carbocycles. The second-order valence-electron chi connectivity index (χ2n) is 3.97. The number of hydrogen-bond donors (Lipinski definition) is 0. The van der Waals surface area contributed by atoms with Gasteiger partial charge in [0.05, 0.1) is 9.73 Å². The third kappa shape index (κ3) is 2.78. The topological polar surface area (TPSA) is 42.3 Å². The first kappa shape index (κ1) is 10.6. The van der Waals surface area contributed by atoms with Crippen LogP contribution in [-0.2, 0) is 9.73 Å². The van der Waals surface area contributed by atoms with Crippen molar-refractivity contribution in [3.05, 3.63) is 23.9 Å². The maximum Gasteiger partial charge on any atom is 0.161 e. The van der Waals surface area contributed by atoms with Gasteiger partial charge in [-0.1, -0.05) is 12.5 Å². The lowest BCUT2D eigenvalue weighted by atomic mass is 10.3. The molecule has 1 aromatic rings. The molecule has 2 heterocycles. The van der Waals surface area contributed by atoms with Gasteiger partial charge in [0, 0.05) is 17.2 Å². The second kappa shape index (κ2) is 4.31. The van der Waals surface area contributed by atoms with Gasteiger partial charge in [0.2, 0.25) is 0 Å². The monoisotopic (exact) mass is 224 g/mol. The minimum atomic E-state index is -2.00. The van der Waals surface area contributed by atoms with E-state index in [2.05, 4.69) is 9.35 Å². The van der Waals surface area contributed by atoms with Crippen molar-refractivity contribution in [3.8, 4) is 0 Å². The third-order valence-electron chi connectivity index (χ3n) is 2.56. The van der Waals surface area contributed by atoms with E-state index in [0.29, 0.717) is 5.82 Å². The van der Waals surface area contributed by atoms with E-state index in [1.807, 2.05) is 25.1 Å². The van der Waals surface area contributed by atoms with E-state index in [9.17, 15) is 4.21 Å². The van der Waals surface area contributed by atoms with Crippen LogP contribution in [0.4, 0.5) is 5.82 Å². The van der Waals surface area contributed by atoms with E-state index in [1.54, 1.807) is 0 Å². The summed E-state index contributed by atoms with van der Waals surface area (Å²) in [5.41, 5.74) is 0.926. The molecule has 82 valence electrons. The van der Waals surface area contributed by atoms with Crippen LogP contribution in [0.25, 0.3) is 0 Å². The predicted molar refractivity (Wildman–Crippen MR) is 62.8 cm³/mol. The molecule has 0 N–H and O–H groups in total. The van der Waals surface area contributed by atoms with Crippen LogP contribution in [0.15, 0.2) is 22.6 Å². The van der Waals surface area contributed by atoms with Crippen LogP contribution in [0.2, 0.25) is 0 Å². The van der Waals surface area contributed by atoms with Gasteiger partial charge in [0.25, 0.3) is 0 Å². The normalized spacial score (nSPS) is 19.8. The molecule has 0 radical (unpaired) electrons. The number of aromatic nitrogens is 1. The van der Waals surface area contributed by atoms with Gasteiger partial charge >= 0.3 is 0 Å². The average Bonchev–Trinajstić information content (AvgIpc) is 2.18. The number of nitrogens with zero attached hydrogens (tertiary/aromatic N) is 2. The predicted octanol–water partition coefficient (Wildman–Crippen LogP) is 2.67. The number of hydrogen-bond acceptors (Lipinski definition) is 3. The highest BCUT2D eigenvalue weighted by Gasteiger charge is 2.14. The van der Waals surface area contributed by atoms with Gasteiger partial charge in [-0.25, -0.2) is 9.19 Å². The molecular weight excluding hydrogens is 208 g/mol. The maximum absolute atomic E-state index is 12.3. The zero-order valence-electron chi connectivity index (χ0n) is 8.98. The van der Waals surface area contributed by atoms with E-state index >= 15 is 0 Å². The molecule has 3 nitrogen and oxygen atoms in total. The van der Waals surface area contributed by atoms with Crippen LogP contribution < -0.4 is 0 Å². The highest BCUT2D eigenvalue weighted by atomic mass is 32.2. The maximum atomic E-state index is 12.3. The summed E-state index contributed by atoms with van der Waals surface area (Å²) in [5.74, 6) is 2.10. The Hall–Kier alpha value is -0.900. The fraction of sp³-hybridized carbons (Fsp3) is 0.545. The Bertz CT molecular complexity index is 449. The molecule has 1 aliphatic rings. The van der Waals surface area contributed by atoms with Gasteiger partial charge in [-0.05, 0) is 31.9 Å². The van der Waals surface area contributed by atoms with Crippen molar-refractivity contribution < 1.29 is 4.21 Å². The van der Waals surface area contributed by atoms with Gasteiger partial charge in [-0.3, -0.25) is 0 Å². The van der Waals surface area contributed by atoms with Gasteiger partial charge in [0.15, 0.2) is 5.82 Å². The summed E-state index contributed by atoms with van der Waals surface area (Å²) < 4.78 is 16.6. The fourth-order valence-electron chi connectivity index (χ4n) is 1.78. The molecular formula is C11H16N2OS. The van der Waals surface area contributed by atoms with Crippen molar-refractivity contribution in [2.75, 3.05) is 11.5 Å². The van der Waals surface area contributed by atoms with Crippen LogP contribution in [0.1, 0.15) is 25.0 Å². The lowest BCUT2D eigenvalue weighted by molar-refractivity contribution is 0.650. The largest absolute Gasteiger partial charge is 0.249 e. The molecule has 15 heavy (non-hydrogen) atoms. The highest BCUT2D eigenvalue weighted by Crippen LogP contribution is 2.18. The Morgan fingerprint density at radius 2 is 2.00 bits per heavy atom. The SMILES string of the molecule is Cc1cccc(N=S2(=O)CCCCC2)n1. The van der Waals surface area contributed by atoms with E-state index in [0.717, 1.165) is 30.0 Å². The van der Waals surface area contributed by atoms with Crippen molar-refractivity contribution in [2.24, 2.45) is 4.36 Å². The Labute approximate surface area is 91.1 Å². The molecule has 0 spiro atoms. The Kier molecular flexibility index (Phi) is 3.05. The quantitative estimate of drug-likeness (QED) is 0.736. The smallest absolute Gasteiger partial charge is 0.161 e. The van der Waals surface area contributed by atoms with E-state index in [1.165, 1.54) is 6.42 Å². The first-order chi connectivity index (χ1) is 7.18. The van der Waals surface area contributed by atoms with E-state index in [-0.39, 0.29) is 0 Å². The van der Waals surface area contributed by atoms with Crippen molar-refractivity contribution >= 4 is 15.5 Å². The van der Waals surface area contributed by atoms with Gasteiger partial charge in [-0.2, -0.15) is 4.36 Å². The molecule has 0 bridgehead atoms. The zero-order chi connectivity index (χ0) is 10.7. The van der Waals surface area contributed by atoms with Crippen molar-refractivity contribution in [1.29, 1.82) is 0 Å². The summed E-state index contributed by atoms with van der Waals surface area (Å²) in [5, 5.41) is 0. The summed E-state index contributed by atoms with van der Waals surface area (Å²) in [4.78, 5) is 4.27. The first-order valence-electron chi connectivity index (χ1n) is 5.34.